The molecule has 182 valence electrons. The van der Waals surface area contributed by atoms with Gasteiger partial charge in [-0.1, -0.05) is 12.1 Å². The summed E-state index contributed by atoms with van der Waals surface area (Å²) in [6.45, 7) is 11.1. The number of piperazine rings is 1. The molecule has 0 aliphatic carbocycles. The average molecular weight is 560 g/mol. The lowest BCUT2D eigenvalue weighted by Gasteiger charge is -2.32. The van der Waals surface area contributed by atoms with Crippen LogP contribution >= 0.6 is 24.0 Å². The van der Waals surface area contributed by atoms with Crippen molar-refractivity contribution in [2.45, 2.75) is 45.3 Å². The normalized spacial score (nSPS) is 20.1. The maximum Gasteiger partial charge on any atom is 0.191 e. The lowest BCUT2D eigenvalue weighted by Crippen LogP contribution is -2.44. The molecule has 2 aliphatic heterocycles. The predicted octanol–water partition coefficient (Wildman–Crippen LogP) is 2.86. The smallest absolute Gasteiger partial charge is 0.191 e. The molecule has 2 saturated heterocycles. The second kappa shape index (κ2) is 14.9. The van der Waals surface area contributed by atoms with Crippen molar-refractivity contribution < 1.29 is 9.47 Å². The van der Waals surface area contributed by atoms with Gasteiger partial charge in [-0.3, -0.25) is 4.99 Å². The quantitative estimate of drug-likeness (QED) is 0.199. The van der Waals surface area contributed by atoms with Crippen molar-refractivity contribution in [3.63, 3.8) is 0 Å². The Morgan fingerprint density at radius 2 is 2.00 bits per heavy atom. The first-order valence-corrected chi connectivity index (χ1v) is 11.8. The summed E-state index contributed by atoms with van der Waals surface area (Å²) < 4.78 is 11.8. The maximum absolute atomic E-state index is 6.11. The highest BCUT2D eigenvalue weighted by Crippen LogP contribution is 2.22. The van der Waals surface area contributed by atoms with Gasteiger partial charge in [-0.25, -0.2) is 0 Å². The monoisotopic (exact) mass is 559 g/mol. The van der Waals surface area contributed by atoms with Crippen LogP contribution in [0.5, 0.6) is 5.75 Å². The molecule has 0 radical (unpaired) electrons. The highest BCUT2D eigenvalue weighted by atomic mass is 127. The second-order valence-electron chi connectivity index (χ2n) is 8.76. The Morgan fingerprint density at radius 3 is 2.72 bits per heavy atom. The van der Waals surface area contributed by atoms with E-state index in [2.05, 4.69) is 57.6 Å². The zero-order chi connectivity index (χ0) is 21.9. The van der Waals surface area contributed by atoms with E-state index < -0.39 is 0 Å². The van der Waals surface area contributed by atoms with Crippen molar-refractivity contribution in [2.24, 2.45) is 4.99 Å². The molecule has 0 amide bonds. The molecule has 1 unspecified atom stereocenters. The molecule has 32 heavy (non-hydrogen) atoms. The predicted molar refractivity (Wildman–Crippen MR) is 142 cm³/mol. The highest BCUT2D eigenvalue weighted by molar-refractivity contribution is 14.0. The minimum absolute atomic E-state index is 0. The number of unbranched alkanes of at least 4 members (excludes halogenated alkanes) is 1. The minimum atomic E-state index is 0. The zero-order valence-electron chi connectivity index (χ0n) is 20.1. The summed E-state index contributed by atoms with van der Waals surface area (Å²) in [6, 6.07) is 6.38. The van der Waals surface area contributed by atoms with Crippen LogP contribution in [0.2, 0.25) is 0 Å². The van der Waals surface area contributed by atoms with Gasteiger partial charge in [-0.05, 0) is 57.8 Å². The van der Waals surface area contributed by atoms with Crippen molar-refractivity contribution >= 4 is 29.9 Å². The van der Waals surface area contributed by atoms with Crippen LogP contribution < -0.4 is 15.4 Å². The number of halogens is 1. The van der Waals surface area contributed by atoms with Gasteiger partial charge in [0.25, 0.3) is 0 Å². The van der Waals surface area contributed by atoms with Crippen molar-refractivity contribution in [2.75, 3.05) is 66.6 Å². The Bertz CT molecular complexity index is 689. The van der Waals surface area contributed by atoms with E-state index in [1.807, 2.05) is 7.05 Å². The maximum atomic E-state index is 6.11. The molecule has 2 fully saturated rings. The standard InChI is InChI=1S/C24H41N5O2.HI/c1-20-8-9-21(23(17-20)31-19-22-7-6-16-30-22)18-27-24(25-2)26-10-4-5-11-29-14-12-28(3)13-15-29;/h8-9,17,22H,4-7,10-16,18-19H2,1-3H3,(H2,25,26,27);1H. The van der Waals surface area contributed by atoms with Gasteiger partial charge in [-0.2, -0.15) is 0 Å². The molecule has 2 aliphatic rings. The van der Waals surface area contributed by atoms with Crippen LogP contribution in [0.25, 0.3) is 0 Å². The number of hydrogen-bond acceptors (Lipinski definition) is 5. The number of guanidine groups is 1. The number of likely N-dealkylation sites (N-methyl/N-ethyl adjacent to an activating group) is 1. The molecule has 8 heteroatoms. The van der Waals surface area contributed by atoms with Gasteiger partial charge >= 0.3 is 0 Å². The van der Waals surface area contributed by atoms with Crippen LogP contribution in [-0.2, 0) is 11.3 Å². The summed E-state index contributed by atoms with van der Waals surface area (Å²) in [5.41, 5.74) is 2.34. The van der Waals surface area contributed by atoms with E-state index in [0.717, 1.165) is 49.7 Å². The van der Waals surface area contributed by atoms with Gasteiger partial charge in [-0.15, -0.1) is 24.0 Å². The highest BCUT2D eigenvalue weighted by Gasteiger charge is 2.17. The molecule has 7 nitrogen and oxygen atoms in total. The average Bonchev–Trinajstić information content (AvgIpc) is 3.30. The third-order valence-electron chi connectivity index (χ3n) is 6.13. The molecule has 1 aromatic carbocycles. The number of rotatable bonds is 10. The molecular weight excluding hydrogens is 517 g/mol. The van der Waals surface area contributed by atoms with E-state index in [1.165, 1.54) is 44.7 Å². The van der Waals surface area contributed by atoms with E-state index in [4.69, 9.17) is 9.47 Å². The number of nitrogens with one attached hydrogen (secondary N) is 2. The lowest BCUT2D eigenvalue weighted by atomic mass is 10.1. The minimum Gasteiger partial charge on any atom is -0.491 e. The van der Waals surface area contributed by atoms with Crippen LogP contribution in [0.4, 0.5) is 0 Å². The summed E-state index contributed by atoms with van der Waals surface area (Å²) >= 11 is 0. The van der Waals surface area contributed by atoms with Gasteiger partial charge in [0.15, 0.2) is 5.96 Å². The zero-order valence-corrected chi connectivity index (χ0v) is 22.4. The first-order chi connectivity index (χ1) is 15.1. The Balaban J connectivity index is 0.00000363. The summed E-state index contributed by atoms with van der Waals surface area (Å²) in [7, 11) is 4.03. The lowest BCUT2D eigenvalue weighted by molar-refractivity contribution is 0.0676. The Morgan fingerprint density at radius 1 is 1.19 bits per heavy atom. The third-order valence-corrected chi connectivity index (χ3v) is 6.13. The Kier molecular flexibility index (Phi) is 12.7. The molecule has 0 spiro atoms. The summed E-state index contributed by atoms with van der Waals surface area (Å²) in [6.07, 6.45) is 4.81. The number of aliphatic imine (C=N–C) groups is 1. The number of ether oxygens (including phenoxy) is 2. The fourth-order valence-electron chi connectivity index (χ4n) is 4.04. The number of benzene rings is 1. The topological polar surface area (TPSA) is 61.4 Å². The Labute approximate surface area is 211 Å². The molecule has 3 rings (SSSR count). The van der Waals surface area contributed by atoms with Gasteiger partial charge in [0.05, 0.1) is 6.10 Å². The molecule has 0 bridgehead atoms. The molecule has 2 N–H and O–H groups in total. The van der Waals surface area contributed by atoms with Crippen LogP contribution in [0, 0.1) is 6.92 Å². The summed E-state index contributed by atoms with van der Waals surface area (Å²) in [4.78, 5) is 9.35. The molecule has 1 aromatic rings. The van der Waals surface area contributed by atoms with Crippen LogP contribution in [-0.4, -0.2) is 88.4 Å². The van der Waals surface area contributed by atoms with Crippen LogP contribution in [0.3, 0.4) is 0 Å². The van der Waals surface area contributed by atoms with Gasteiger partial charge in [0.1, 0.15) is 12.4 Å². The SMILES string of the molecule is CN=C(NCCCCN1CCN(C)CC1)NCc1ccc(C)cc1OCC1CCCO1.I. The van der Waals surface area contributed by atoms with Gasteiger partial charge in [0, 0.05) is 58.5 Å². The van der Waals surface area contributed by atoms with E-state index in [1.54, 1.807) is 0 Å². The van der Waals surface area contributed by atoms with Crippen molar-refractivity contribution in [1.29, 1.82) is 0 Å². The van der Waals surface area contributed by atoms with Crippen LogP contribution in [0.1, 0.15) is 36.8 Å². The molecule has 0 saturated carbocycles. The third kappa shape index (κ3) is 9.41. The fourth-order valence-corrected chi connectivity index (χ4v) is 4.04. The van der Waals surface area contributed by atoms with Crippen molar-refractivity contribution in [1.82, 2.24) is 20.4 Å². The van der Waals surface area contributed by atoms with Crippen molar-refractivity contribution in [3.05, 3.63) is 29.3 Å². The largest absolute Gasteiger partial charge is 0.491 e. The fraction of sp³-hybridized carbons (Fsp3) is 0.708. The molecule has 1 atom stereocenters. The summed E-state index contributed by atoms with van der Waals surface area (Å²) in [5, 5.41) is 6.87. The second-order valence-corrected chi connectivity index (χ2v) is 8.76. The van der Waals surface area contributed by atoms with E-state index in [0.29, 0.717) is 13.2 Å². The first-order valence-electron chi connectivity index (χ1n) is 11.8. The molecule has 0 aromatic heterocycles. The number of aryl methyl sites for hydroxylation is 1. The molecule has 2 heterocycles. The first kappa shape index (κ1) is 27.1. The number of nitrogens with zero attached hydrogens (tertiary/aromatic N) is 3. The molecular formula is C24H42IN5O2. The van der Waals surface area contributed by atoms with E-state index >= 15 is 0 Å². The van der Waals surface area contributed by atoms with Gasteiger partial charge < -0.3 is 29.9 Å². The number of hydrogen-bond donors (Lipinski definition) is 2. The summed E-state index contributed by atoms with van der Waals surface area (Å²) in [5.74, 6) is 1.77. The van der Waals surface area contributed by atoms with Gasteiger partial charge in [0.2, 0.25) is 0 Å². The van der Waals surface area contributed by atoms with E-state index in [-0.39, 0.29) is 30.1 Å². The van der Waals surface area contributed by atoms with Crippen molar-refractivity contribution in [3.8, 4) is 5.75 Å². The van der Waals surface area contributed by atoms with E-state index in [9.17, 15) is 0 Å². The van der Waals surface area contributed by atoms with Crippen LogP contribution in [0.15, 0.2) is 23.2 Å². The Hall–Kier alpha value is -1.10.